The van der Waals surface area contributed by atoms with Crippen LogP contribution in [0.5, 0.6) is 0 Å². The van der Waals surface area contributed by atoms with Crippen LogP contribution in [-0.4, -0.2) is 18.3 Å². The van der Waals surface area contributed by atoms with Crippen molar-refractivity contribution < 1.29 is 9.84 Å². The molecule has 1 heterocycles. The molecule has 1 aromatic rings. The minimum atomic E-state index is -0.677. The average Bonchev–Trinajstić information content (AvgIpc) is 2.30. The SMILES string of the molecule is CC(C)c1cccc(C2(O)CCOCC2)c1. The summed E-state index contributed by atoms with van der Waals surface area (Å²) in [7, 11) is 0. The van der Waals surface area contributed by atoms with Crippen molar-refractivity contribution in [1.29, 1.82) is 0 Å². The Kier molecular flexibility index (Phi) is 3.31. The lowest BCUT2D eigenvalue weighted by Gasteiger charge is -2.33. The van der Waals surface area contributed by atoms with E-state index < -0.39 is 5.60 Å². The molecule has 0 bridgehead atoms. The van der Waals surface area contributed by atoms with Gasteiger partial charge in [-0.3, -0.25) is 0 Å². The molecule has 0 aromatic heterocycles. The summed E-state index contributed by atoms with van der Waals surface area (Å²) in [5, 5.41) is 10.6. The number of hydrogen-bond acceptors (Lipinski definition) is 2. The minimum Gasteiger partial charge on any atom is -0.385 e. The van der Waals surface area contributed by atoms with E-state index in [-0.39, 0.29) is 0 Å². The van der Waals surface area contributed by atoms with Gasteiger partial charge in [0, 0.05) is 26.1 Å². The molecule has 0 unspecified atom stereocenters. The Balaban J connectivity index is 2.28. The van der Waals surface area contributed by atoms with Crippen LogP contribution in [0.15, 0.2) is 24.3 Å². The van der Waals surface area contributed by atoms with E-state index >= 15 is 0 Å². The van der Waals surface area contributed by atoms with Crippen LogP contribution in [0.4, 0.5) is 0 Å². The summed E-state index contributed by atoms with van der Waals surface area (Å²) < 4.78 is 5.30. The van der Waals surface area contributed by atoms with E-state index in [2.05, 4.69) is 26.0 Å². The van der Waals surface area contributed by atoms with E-state index in [1.54, 1.807) is 0 Å². The van der Waals surface area contributed by atoms with Gasteiger partial charge in [0.2, 0.25) is 0 Å². The summed E-state index contributed by atoms with van der Waals surface area (Å²) in [4.78, 5) is 0. The minimum absolute atomic E-state index is 0.503. The van der Waals surface area contributed by atoms with Crippen molar-refractivity contribution in [2.24, 2.45) is 0 Å². The van der Waals surface area contributed by atoms with Gasteiger partial charge in [-0.15, -0.1) is 0 Å². The lowest BCUT2D eigenvalue weighted by atomic mass is 9.85. The van der Waals surface area contributed by atoms with Crippen molar-refractivity contribution in [2.75, 3.05) is 13.2 Å². The third-order valence-corrected chi connectivity index (χ3v) is 3.41. The molecule has 0 saturated carbocycles. The first-order chi connectivity index (χ1) is 7.62. The van der Waals surface area contributed by atoms with Crippen LogP contribution in [0.25, 0.3) is 0 Å². The Bertz CT molecular complexity index is 352. The van der Waals surface area contributed by atoms with Gasteiger partial charge >= 0.3 is 0 Å². The molecule has 1 N–H and O–H groups in total. The predicted octanol–water partition coefficient (Wildman–Crippen LogP) is 2.81. The van der Waals surface area contributed by atoms with Gasteiger partial charge < -0.3 is 9.84 Å². The maximum absolute atomic E-state index is 10.6. The van der Waals surface area contributed by atoms with E-state index in [4.69, 9.17) is 4.74 Å². The molecule has 2 nitrogen and oxygen atoms in total. The Labute approximate surface area is 97.3 Å². The molecular formula is C14H20O2. The Hall–Kier alpha value is -0.860. The van der Waals surface area contributed by atoms with Crippen LogP contribution in [-0.2, 0) is 10.3 Å². The largest absolute Gasteiger partial charge is 0.385 e. The molecule has 0 amide bonds. The van der Waals surface area contributed by atoms with Crippen molar-refractivity contribution >= 4 is 0 Å². The lowest BCUT2D eigenvalue weighted by molar-refractivity contribution is -0.0679. The number of rotatable bonds is 2. The molecule has 88 valence electrons. The fourth-order valence-electron chi connectivity index (χ4n) is 2.19. The Morgan fingerprint density at radius 3 is 2.56 bits per heavy atom. The highest BCUT2D eigenvalue weighted by molar-refractivity contribution is 5.30. The smallest absolute Gasteiger partial charge is 0.0940 e. The topological polar surface area (TPSA) is 29.5 Å². The zero-order valence-electron chi connectivity index (χ0n) is 10.1. The number of aliphatic hydroxyl groups is 1. The first-order valence-corrected chi connectivity index (χ1v) is 6.02. The van der Waals surface area contributed by atoms with Crippen molar-refractivity contribution in [2.45, 2.75) is 38.2 Å². The van der Waals surface area contributed by atoms with Gasteiger partial charge in [-0.2, -0.15) is 0 Å². The summed E-state index contributed by atoms with van der Waals surface area (Å²) in [5.41, 5.74) is 1.66. The zero-order chi connectivity index (χ0) is 11.6. The standard InChI is InChI=1S/C14H20O2/c1-11(2)12-4-3-5-13(10-12)14(15)6-8-16-9-7-14/h3-5,10-11,15H,6-9H2,1-2H3. The van der Waals surface area contributed by atoms with Gasteiger partial charge in [-0.1, -0.05) is 38.1 Å². The highest BCUT2D eigenvalue weighted by Crippen LogP contribution is 2.33. The number of benzene rings is 1. The first kappa shape index (κ1) is 11.6. The monoisotopic (exact) mass is 220 g/mol. The normalized spacial score (nSPS) is 20.0. The Morgan fingerprint density at radius 1 is 1.25 bits per heavy atom. The first-order valence-electron chi connectivity index (χ1n) is 6.02. The van der Waals surface area contributed by atoms with Gasteiger partial charge in [-0.05, 0) is 17.0 Å². The summed E-state index contributed by atoms with van der Waals surface area (Å²) >= 11 is 0. The molecule has 16 heavy (non-hydrogen) atoms. The van der Waals surface area contributed by atoms with Crippen LogP contribution in [0.1, 0.15) is 43.7 Å². The zero-order valence-corrected chi connectivity index (χ0v) is 10.1. The maximum Gasteiger partial charge on any atom is 0.0940 e. The molecule has 1 aliphatic rings. The average molecular weight is 220 g/mol. The summed E-state index contributed by atoms with van der Waals surface area (Å²) in [6.07, 6.45) is 1.41. The van der Waals surface area contributed by atoms with E-state index in [9.17, 15) is 5.11 Å². The molecule has 0 aliphatic carbocycles. The van der Waals surface area contributed by atoms with Crippen LogP contribution in [0, 0.1) is 0 Å². The molecule has 2 rings (SSSR count). The molecule has 1 fully saturated rings. The van der Waals surface area contributed by atoms with Crippen LogP contribution >= 0.6 is 0 Å². The molecule has 1 aromatic carbocycles. The van der Waals surface area contributed by atoms with Crippen LogP contribution < -0.4 is 0 Å². The highest BCUT2D eigenvalue weighted by atomic mass is 16.5. The second-order valence-corrected chi connectivity index (χ2v) is 4.92. The third-order valence-electron chi connectivity index (χ3n) is 3.41. The van der Waals surface area contributed by atoms with Crippen molar-refractivity contribution in [1.82, 2.24) is 0 Å². The second-order valence-electron chi connectivity index (χ2n) is 4.92. The Morgan fingerprint density at radius 2 is 1.94 bits per heavy atom. The van der Waals surface area contributed by atoms with Gasteiger partial charge in [0.25, 0.3) is 0 Å². The van der Waals surface area contributed by atoms with E-state index in [0.717, 1.165) is 5.56 Å². The molecule has 0 spiro atoms. The molecule has 0 atom stereocenters. The lowest BCUT2D eigenvalue weighted by Crippen LogP contribution is -2.33. The molecule has 0 radical (unpaired) electrons. The van der Waals surface area contributed by atoms with E-state index in [1.165, 1.54) is 5.56 Å². The summed E-state index contributed by atoms with van der Waals surface area (Å²) in [6.45, 7) is 5.66. The molecule has 1 saturated heterocycles. The fraction of sp³-hybridized carbons (Fsp3) is 0.571. The molecule has 2 heteroatoms. The van der Waals surface area contributed by atoms with Crippen molar-refractivity contribution in [3.63, 3.8) is 0 Å². The summed E-state index contributed by atoms with van der Waals surface area (Å²) in [5.74, 6) is 0.503. The quantitative estimate of drug-likeness (QED) is 0.830. The fourth-order valence-corrected chi connectivity index (χ4v) is 2.19. The number of ether oxygens (including phenoxy) is 1. The van der Waals surface area contributed by atoms with Gasteiger partial charge in [-0.25, -0.2) is 0 Å². The molecular weight excluding hydrogens is 200 g/mol. The second kappa shape index (κ2) is 4.56. The summed E-state index contributed by atoms with van der Waals surface area (Å²) in [6, 6.07) is 8.32. The van der Waals surface area contributed by atoms with Gasteiger partial charge in [0.05, 0.1) is 5.60 Å². The maximum atomic E-state index is 10.6. The van der Waals surface area contributed by atoms with Crippen LogP contribution in [0.3, 0.4) is 0 Å². The predicted molar refractivity (Wildman–Crippen MR) is 64.5 cm³/mol. The molecule has 1 aliphatic heterocycles. The van der Waals surface area contributed by atoms with Crippen LogP contribution in [0.2, 0.25) is 0 Å². The number of hydrogen-bond donors (Lipinski definition) is 1. The highest BCUT2D eigenvalue weighted by Gasteiger charge is 2.31. The van der Waals surface area contributed by atoms with Crippen molar-refractivity contribution in [3.8, 4) is 0 Å². The van der Waals surface area contributed by atoms with Gasteiger partial charge in [0.15, 0.2) is 0 Å². The van der Waals surface area contributed by atoms with E-state index in [0.29, 0.717) is 32.0 Å². The van der Waals surface area contributed by atoms with Gasteiger partial charge in [0.1, 0.15) is 0 Å². The van der Waals surface area contributed by atoms with E-state index in [1.807, 2.05) is 12.1 Å². The third kappa shape index (κ3) is 2.28. The van der Waals surface area contributed by atoms with Crippen molar-refractivity contribution in [3.05, 3.63) is 35.4 Å².